The first-order valence-corrected chi connectivity index (χ1v) is 6.79. The summed E-state index contributed by atoms with van der Waals surface area (Å²) in [6.45, 7) is 5.99. The summed E-state index contributed by atoms with van der Waals surface area (Å²) in [6.07, 6.45) is 0. The molecule has 112 valence electrons. The van der Waals surface area contributed by atoms with Gasteiger partial charge in [0.25, 0.3) is 0 Å². The number of aromatic carboxylic acids is 1. The minimum Gasteiger partial charge on any atom is -0.495 e. The van der Waals surface area contributed by atoms with E-state index in [0.717, 1.165) is 5.69 Å². The van der Waals surface area contributed by atoms with Crippen LogP contribution in [0.1, 0.15) is 37.0 Å². The van der Waals surface area contributed by atoms with Gasteiger partial charge >= 0.3 is 5.97 Å². The number of hydrogen-bond donors (Lipinski definition) is 1. The lowest BCUT2D eigenvalue weighted by Gasteiger charge is -2.20. The molecule has 0 saturated heterocycles. The van der Waals surface area contributed by atoms with E-state index in [9.17, 15) is 4.79 Å². The van der Waals surface area contributed by atoms with Gasteiger partial charge in [-0.2, -0.15) is 5.10 Å². The SMILES string of the molecule is COc1ccc(-n2nc(C(=O)O)cc2C(C)(C)C)cc1Cl. The van der Waals surface area contributed by atoms with Gasteiger partial charge in [-0.1, -0.05) is 32.4 Å². The van der Waals surface area contributed by atoms with Crippen molar-refractivity contribution >= 4 is 17.6 Å². The number of nitrogens with zero attached hydrogens (tertiary/aromatic N) is 2. The zero-order chi connectivity index (χ0) is 15.8. The van der Waals surface area contributed by atoms with E-state index in [-0.39, 0.29) is 11.1 Å². The number of methoxy groups -OCH3 is 1. The van der Waals surface area contributed by atoms with Crippen molar-refractivity contribution in [2.75, 3.05) is 7.11 Å². The van der Waals surface area contributed by atoms with E-state index >= 15 is 0 Å². The molecule has 5 nitrogen and oxygen atoms in total. The molecule has 0 aliphatic carbocycles. The Kier molecular flexibility index (Phi) is 3.96. The van der Waals surface area contributed by atoms with Crippen molar-refractivity contribution in [2.24, 2.45) is 0 Å². The third-order valence-electron chi connectivity index (χ3n) is 3.08. The summed E-state index contributed by atoms with van der Waals surface area (Å²) in [6, 6.07) is 6.81. The molecule has 0 aliphatic rings. The van der Waals surface area contributed by atoms with Crippen molar-refractivity contribution < 1.29 is 14.6 Å². The van der Waals surface area contributed by atoms with Crippen molar-refractivity contribution in [1.82, 2.24) is 9.78 Å². The van der Waals surface area contributed by atoms with Gasteiger partial charge in [-0.05, 0) is 24.3 Å². The van der Waals surface area contributed by atoms with Crippen LogP contribution in [0.2, 0.25) is 5.02 Å². The van der Waals surface area contributed by atoms with Crippen LogP contribution in [0.5, 0.6) is 5.75 Å². The van der Waals surface area contributed by atoms with Crippen molar-refractivity contribution in [3.8, 4) is 11.4 Å². The fourth-order valence-electron chi connectivity index (χ4n) is 2.00. The summed E-state index contributed by atoms with van der Waals surface area (Å²) < 4.78 is 6.73. The molecular weight excluding hydrogens is 292 g/mol. The van der Waals surface area contributed by atoms with Gasteiger partial charge in [0, 0.05) is 5.41 Å². The summed E-state index contributed by atoms with van der Waals surface area (Å²) in [5.41, 5.74) is 1.24. The summed E-state index contributed by atoms with van der Waals surface area (Å²) >= 11 is 6.13. The fraction of sp³-hybridized carbons (Fsp3) is 0.333. The monoisotopic (exact) mass is 308 g/mol. The number of hydrogen-bond acceptors (Lipinski definition) is 3. The molecule has 0 spiro atoms. The first-order valence-electron chi connectivity index (χ1n) is 6.42. The van der Waals surface area contributed by atoms with E-state index < -0.39 is 5.97 Å². The Balaban J connectivity index is 2.62. The number of benzene rings is 1. The highest BCUT2D eigenvalue weighted by Gasteiger charge is 2.24. The van der Waals surface area contributed by atoms with Crippen molar-refractivity contribution in [2.45, 2.75) is 26.2 Å². The van der Waals surface area contributed by atoms with Gasteiger partial charge in [0.2, 0.25) is 0 Å². The van der Waals surface area contributed by atoms with Crippen LogP contribution in [0.4, 0.5) is 0 Å². The maximum Gasteiger partial charge on any atom is 0.356 e. The lowest BCUT2D eigenvalue weighted by molar-refractivity contribution is 0.0690. The third-order valence-corrected chi connectivity index (χ3v) is 3.37. The predicted molar refractivity (Wildman–Crippen MR) is 80.8 cm³/mol. The van der Waals surface area contributed by atoms with Gasteiger partial charge in [-0.15, -0.1) is 0 Å². The number of halogens is 1. The zero-order valence-corrected chi connectivity index (χ0v) is 13.1. The summed E-state index contributed by atoms with van der Waals surface area (Å²) in [5.74, 6) is -0.498. The third kappa shape index (κ3) is 3.03. The van der Waals surface area contributed by atoms with Crippen LogP contribution >= 0.6 is 11.6 Å². The minimum absolute atomic E-state index is 0.00636. The molecule has 0 saturated carbocycles. The second-order valence-electron chi connectivity index (χ2n) is 5.70. The van der Waals surface area contributed by atoms with Gasteiger partial charge in [0.05, 0.1) is 23.5 Å². The molecule has 0 aliphatic heterocycles. The van der Waals surface area contributed by atoms with E-state index in [1.54, 1.807) is 28.9 Å². The molecule has 2 rings (SSSR count). The van der Waals surface area contributed by atoms with Gasteiger partial charge in [-0.3, -0.25) is 0 Å². The summed E-state index contributed by atoms with van der Waals surface area (Å²) in [5, 5.41) is 13.8. The standard InChI is InChI=1S/C15H17ClN2O3/c1-15(2,3)13-8-11(14(19)20)17-18(13)9-5-6-12(21-4)10(16)7-9/h5-8H,1-4H3,(H,19,20). The van der Waals surface area contributed by atoms with Gasteiger partial charge in [-0.25, -0.2) is 9.48 Å². The molecule has 0 bridgehead atoms. The molecule has 0 radical (unpaired) electrons. The van der Waals surface area contributed by atoms with Crippen molar-refractivity contribution in [3.05, 3.63) is 40.7 Å². The highest BCUT2D eigenvalue weighted by molar-refractivity contribution is 6.32. The van der Waals surface area contributed by atoms with Crippen LogP contribution in [-0.4, -0.2) is 28.0 Å². The number of carboxylic acids is 1. The van der Waals surface area contributed by atoms with E-state index in [2.05, 4.69) is 5.10 Å². The number of aromatic nitrogens is 2. The van der Waals surface area contributed by atoms with Crippen molar-refractivity contribution in [1.29, 1.82) is 0 Å². The Morgan fingerprint density at radius 3 is 2.48 bits per heavy atom. The van der Waals surface area contributed by atoms with E-state index in [0.29, 0.717) is 16.5 Å². The molecule has 1 aromatic carbocycles. The molecule has 6 heteroatoms. The lowest BCUT2D eigenvalue weighted by atomic mass is 9.91. The first kappa shape index (κ1) is 15.4. The van der Waals surface area contributed by atoms with Gasteiger partial charge < -0.3 is 9.84 Å². The van der Waals surface area contributed by atoms with Gasteiger partial charge in [0.1, 0.15) is 5.75 Å². The summed E-state index contributed by atoms with van der Waals surface area (Å²) in [4.78, 5) is 11.2. The number of ether oxygens (including phenoxy) is 1. The minimum atomic E-state index is -1.06. The van der Waals surface area contributed by atoms with Gasteiger partial charge in [0.15, 0.2) is 5.69 Å². The normalized spacial score (nSPS) is 11.5. The number of carbonyl (C=O) groups is 1. The van der Waals surface area contributed by atoms with E-state index in [1.807, 2.05) is 20.8 Å². The fourth-order valence-corrected chi connectivity index (χ4v) is 2.26. The quantitative estimate of drug-likeness (QED) is 0.942. The van der Waals surface area contributed by atoms with Crippen LogP contribution in [0.25, 0.3) is 5.69 Å². The topological polar surface area (TPSA) is 64.4 Å². The maximum absolute atomic E-state index is 11.2. The van der Waals surface area contributed by atoms with Crippen LogP contribution < -0.4 is 4.74 Å². The largest absolute Gasteiger partial charge is 0.495 e. The molecule has 1 aromatic heterocycles. The maximum atomic E-state index is 11.2. The predicted octanol–water partition coefficient (Wildman–Crippen LogP) is 3.53. The molecule has 0 fully saturated rings. The zero-order valence-electron chi connectivity index (χ0n) is 12.3. The molecule has 0 unspecified atom stereocenters. The molecular formula is C15H17ClN2O3. The summed E-state index contributed by atoms with van der Waals surface area (Å²) in [7, 11) is 1.54. The Labute approximate surface area is 128 Å². The van der Waals surface area contributed by atoms with Crippen LogP contribution in [0.15, 0.2) is 24.3 Å². The second kappa shape index (κ2) is 5.41. The van der Waals surface area contributed by atoms with Crippen molar-refractivity contribution in [3.63, 3.8) is 0 Å². The Hall–Kier alpha value is -2.01. The molecule has 1 N–H and O–H groups in total. The van der Waals surface area contributed by atoms with Crippen LogP contribution in [0, 0.1) is 0 Å². The molecule has 2 aromatic rings. The molecule has 21 heavy (non-hydrogen) atoms. The average molecular weight is 309 g/mol. The molecule has 0 atom stereocenters. The van der Waals surface area contributed by atoms with E-state index in [4.69, 9.17) is 21.4 Å². The second-order valence-corrected chi connectivity index (χ2v) is 6.11. The van der Waals surface area contributed by atoms with E-state index in [1.165, 1.54) is 7.11 Å². The Morgan fingerprint density at radius 2 is 2.00 bits per heavy atom. The smallest absolute Gasteiger partial charge is 0.356 e. The molecule has 0 amide bonds. The van der Waals surface area contributed by atoms with Crippen LogP contribution in [-0.2, 0) is 5.41 Å². The lowest BCUT2D eigenvalue weighted by Crippen LogP contribution is -2.17. The highest BCUT2D eigenvalue weighted by atomic mass is 35.5. The highest BCUT2D eigenvalue weighted by Crippen LogP contribution is 2.30. The van der Waals surface area contributed by atoms with Crippen LogP contribution in [0.3, 0.4) is 0 Å². The number of rotatable bonds is 3. The Bertz CT molecular complexity index is 687. The Morgan fingerprint density at radius 1 is 1.33 bits per heavy atom. The number of carboxylic acid groups (broad SMARTS) is 1. The average Bonchev–Trinajstić information content (AvgIpc) is 2.83. The molecule has 1 heterocycles. The first-order chi connectivity index (χ1) is 9.74.